The van der Waals surface area contributed by atoms with Crippen LogP contribution >= 0.6 is 11.3 Å². The van der Waals surface area contributed by atoms with Gasteiger partial charge in [0.2, 0.25) is 10.9 Å². The van der Waals surface area contributed by atoms with Crippen LogP contribution in [0.2, 0.25) is 0 Å². The van der Waals surface area contributed by atoms with Gasteiger partial charge in [0.25, 0.3) is 5.91 Å². The van der Waals surface area contributed by atoms with Gasteiger partial charge in [-0.25, -0.2) is 0 Å². The lowest BCUT2D eigenvalue weighted by Gasteiger charge is -2.27. The van der Waals surface area contributed by atoms with Gasteiger partial charge in [0, 0.05) is 31.1 Å². The van der Waals surface area contributed by atoms with Crippen molar-refractivity contribution >= 4 is 28.8 Å². The van der Waals surface area contributed by atoms with Crippen LogP contribution < -0.4 is 10.6 Å². The van der Waals surface area contributed by atoms with Crippen LogP contribution in [0.25, 0.3) is 0 Å². The van der Waals surface area contributed by atoms with E-state index < -0.39 is 0 Å². The fourth-order valence-electron chi connectivity index (χ4n) is 3.96. The molecule has 0 radical (unpaired) electrons. The van der Waals surface area contributed by atoms with Crippen LogP contribution in [0, 0.1) is 6.92 Å². The van der Waals surface area contributed by atoms with E-state index in [2.05, 4.69) is 32.7 Å². The summed E-state index contributed by atoms with van der Waals surface area (Å²) in [5.41, 5.74) is 1.77. The highest BCUT2D eigenvalue weighted by molar-refractivity contribution is 7.13. The van der Waals surface area contributed by atoms with Gasteiger partial charge in [-0.15, -0.1) is 10.2 Å². The normalized spacial score (nSPS) is 15.7. The Morgan fingerprint density at radius 2 is 1.88 bits per heavy atom. The molecule has 2 heterocycles. The zero-order valence-corrected chi connectivity index (χ0v) is 20.0. The molecule has 1 aliphatic heterocycles. The van der Waals surface area contributed by atoms with Crippen molar-refractivity contribution in [3.63, 3.8) is 0 Å². The molecule has 1 aromatic carbocycles. The molecule has 0 aliphatic carbocycles. The lowest BCUT2D eigenvalue weighted by Crippen LogP contribution is -2.37. The molecule has 7 nitrogen and oxygen atoms in total. The number of para-hydroxylation sites is 1. The standard InChI is InChI=1S/C24H35N5O2S/c1-18-10-5-6-11-20(18)26-23(31)24-28-27-22(32-24)13-9-12-21(30)25-15-14-19(2)29-16-7-3-4-8-17-29/h5-6,10-11,19H,3-4,7-9,12-17H2,1-2H3,(H,25,30)(H,26,31)/t19-/m0/s1. The number of rotatable bonds is 10. The number of hydrogen-bond acceptors (Lipinski definition) is 6. The molecule has 174 valence electrons. The number of carbonyl (C=O) groups excluding carboxylic acids is 2. The molecule has 8 heteroatoms. The second-order valence-corrected chi connectivity index (χ2v) is 9.62. The Labute approximate surface area is 195 Å². The molecule has 0 bridgehead atoms. The van der Waals surface area contributed by atoms with E-state index in [0.717, 1.165) is 29.2 Å². The number of nitrogens with one attached hydrogen (secondary N) is 2. The SMILES string of the molecule is Cc1ccccc1NC(=O)c1nnc(CCCC(=O)NCC[C@H](C)N2CCCCCC2)s1. The Morgan fingerprint density at radius 3 is 2.62 bits per heavy atom. The van der Waals surface area contributed by atoms with Crippen molar-refractivity contribution in [1.29, 1.82) is 0 Å². The van der Waals surface area contributed by atoms with E-state index in [0.29, 0.717) is 30.3 Å². The van der Waals surface area contributed by atoms with E-state index in [-0.39, 0.29) is 11.8 Å². The van der Waals surface area contributed by atoms with Crippen LogP contribution in [0.15, 0.2) is 24.3 Å². The topological polar surface area (TPSA) is 87.2 Å². The van der Waals surface area contributed by atoms with Crippen LogP contribution in [0.1, 0.15) is 72.2 Å². The van der Waals surface area contributed by atoms with E-state index in [1.165, 1.54) is 50.1 Å². The predicted octanol–water partition coefficient (Wildman–Crippen LogP) is 4.19. The van der Waals surface area contributed by atoms with Crippen molar-refractivity contribution in [1.82, 2.24) is 20.4 Å². The highest BCUT2D eigenvalue weighted by Crippen LogP contribution is 2.18. The molecular formula is C24H35N5O2S. The van der Waals surface area contributed by atoms with Gasteiger partial charge in [-0.2, -0.15) is 0 Å². The summed E-state index contributed by atoms with van der Waals surface area (Å²) >= 11 is 1.29. The summed E-state index contributed by atoms with van der Waals surface area (Å²) in [7, 11) is 0. The highest BCUT2D eigenvalue weighted by atomic mass is 32.1. The first-order chi connectivity index (χ1) is 15.5. The molecule has 2 aromatic rings. The number of hydrogen-bond donors (Lipinski definition) is 2. The maximum Gasteiger partial charge on any atom is 0.286 e. The average Bonchev–Trinajstić information content (AvgIpc) is 3.08. The maximum atomic E-state index is 12.4. The van der Waals surface area contributed by atoms with Crippen molar-refractivity contribution in [2.24, 2.45) is 0 Å². The smallest absolute Gasteiger partial charge is 0.286 e. The van der Waals surface area contributed by atoms with Gasteiger partial charge < -0.3 is 15.5 Å². The summed E-state index contributed by atoms with van der Waals surface area (Å²) in [5.74, 6) is -0.172. The van der Waals surface area contributed by atoms with Crippen molar-refractivity contribution in [3.05, 3.63) is 39.8 Å². The molecule has 2 amide bonds. The number of amides is 2. The fraction of sp³-hybridized carbons (Fsp3) is 0.583. The quantitative estimate of drug-likeness (QED) is 0.559. The first-order valence-corrected chi connectivity index (χ1v) is 12.5. The summed E-state index contributed by atoms with van der Waals surface area (Å²) in [6.07, 6.45) is 8.05. The summed E-state index contributed by atoms with van der Waals surface area (Å²) in [4.78, 5) is 27.1. The minimum absolute atomic E-state index is 0.0788. The number of benzene rings is 1. The van der Waals surface area contributed by atoms with E-state index in [1.807, 2.05) is 31.2 Å². The van der Waals surface area contributed by atoms with Crippen molar-refractivity contribution in [2.75, 3.05) is 25.0 Å². The van der Waals surface area contributed by atoms with Gasteiger partial charge in [0.05, 0.1) is 0 Å². The summed E-state index contributed by atoms with van der Waals surface area (Å²) in [5, 5.41) is 15.2. The van der Waals surface area contributed by atoms with Crippen LogP contribution in [0.3, 0.4) is 0 Å². The number of carbonyl (C=O) groups is 2. The molecule has 3 rings (SSSR count). The molecule has 2 N–H and O–H groups in total. The third-order valence-corrected chi connectivity index (χ3v) is 6.98. The zero-order chi connectivity index (χ0) is 22.8. The van der Waals surface area contributed by atoms with Crippen molar-refractivity contribution in [2.45, 2.75) is 71.3 Å². The largest absolute Gasteiger partial charge is 0.356 e. The molecule has 1 aromatic heterocycles. The fourth-order valence-corrected chi connectivity index (χ4v) is 4.74. The molecule has 1 aliphatic rings. The van der Waals surface area contributed by atoms with Crippen LogP contribution in [-0.2, 0) is 11.2 Å². The Kier molecular flexibility index (Phi) is 9.62. The highest BCUT2D eigenvalue weighted by Gasteiger charge is 2.16. The first-order valence-electron chi connectivity index (χ1n) is 11.7. The zero-order valence-electron chi connectivity index (χ0n) is 19.2. The van der Waals surface area contributed by atoms with Crippen molar-refractivity contribution < 1.29 is 9.59 Å². The lowest BCUT2D eigenvalue weighted by atomic mass is 10.2. The van der Waals surface area contributed by atoms with Gasteiger partial charge in [-0.1, -0.05) is 42.4 Å². The Morgan fingerprint density at radius 1 is 1.12 bits per heavy atom. The first kappa shape index (κ1) is 24.3. The molecule has 0 unspecified atom stereocenters. The number of likely N-dealkylation sites (tertiary alicyclic amines) is 1. The minimum atomic E-state index is -0.251. The number of aryl methyl sites for hydroxylation is 2. The predicted molar refractivity (Wildman–Crippen MR) is 129 cm³/mol. The Balaban J connectivity index is 1.33. The molecule has 1 atom stereocenters. The third-order valence-electron chi connectivity index (χ3n) is 6.00. The van der Waals surface area contributed by atoms with Gasteiger partial charge >= 0.3 is 0 Å². The van der Waals surface area contributed by atoms with E-state index in [4.69, 9.17) is 0 Å². The third kappa shape index (κ3) is 7.67. The monoisotopic (exact) mass is 457 g/mol. The van der Waals surface area contributed by atoms with Gasteiger partial charge in [0.1, 0.15) is 5.01 Å². The van der Waals surface area contributed by atoms with Gasteiger partial charge in [-0.3, -0.25) is 9.59 Å². The number of anilines is 1. The minimum Gasteiger partial charge on any atom is -0.356 e. The second kappa shape index (κ2) is 12.6. The molecule has 1 fully saturated rings. The molecule has 1 saturated heterocycles. The van der Waals surface area contributed by atoms with E-state index in [1.54, 1.807) is 0 Å². The van der Waals surface area contributed by atoms with E-state index >= 15 is 0 Å². The summed E-state index contributed by atoms with van der Waals surface area (Å²) in [6.45, 7) is 7.30. The van der Waals surface area contributed by atoms with Crippen LogP contribution in [0.4, 0.5) is 5.69 Å². The molecule has 0 saturated carbocycles. The maximum absolute atomic E-state index is 12.4. The number of aromatic nitrogens is 2. The molecular weight excluding hydrogens is 422 g/mol. The van der Waals surface area contributed by atoms with E-state index in [9.17, 15) is 9.59 Å². The lowest BCUT2D eigenvalue weighted by molar-refractivity contribution is -0.121. The number of nitrogens with zero attached hydrogens (tertiary/aromatic N) is 3. The Hall–Kier alpha value is -2.32. The van der Waals surface area contributed by atoms with Crippen LogP contribution in [-0.4, -0.2) is 52.6 Å². The Bertz CT molecular complexity index is 877. The molecule has 0 spiro atoms. The van der Waals surface area contributed by atoms with Gasteiger partial charge in [0.15, 0.2) is 0 Å². The van der Waals surface area contributed by atoms with Gasteiger partial charge in [-0.05, 0) is 64.3 Å². The van der Waals surface area contributed by atoms with Crippen molar-refractivity contribution in [3.8, 4) is 0 Å². The van der Waals surface area contributed by atoms with Crippen LogP contribution in [0.5, 0.6) is 0 Å². The molecule has 32 heavy (non-hydrogen) atoms. The summed E-state index contributed by atoms with van der Waals surface area (Å²) < 4.78 is 0. The average molecular weight is 458 g/mol. The summed E-state index contributed by atoms with van der Waals surface area (Å²) in [6, 6.07) is 8.14. The second-order valence-electron chi connectivity index (χ2n) is 8.56.